The number of halogens is 2. The van der Waals surface area contributed by atoms with Gasteiger partial charge in [0.1, 0.15) is 5.82 Å². The lowest BCUT2D eigenvalue weighted by atomic mass is 10.2. The topological polar surface area (TPSA) is 59.1 Å². The number of nitrogens with zero attached hydrogens (tertiary/aromatic N) is 1. The molecule has 0 saturated heterocycles. The Morgan fingerprint density at radius 3 is 2.47 bits per heavy atom. The van der Waals surface area contributed by atoms with Crippen LogP contribution in [0.15, 0.2) is 41.6 Å². The summed E-state index contributed by atoms with van der Waals surface area (Å²) in [4.78, 5) is 3.48. The maximum Gasteiger partial charge on any atom is 0.282 e. The van der Waals surface area contributed by atoms with Gasteiger partial charge in [0.05, 0.1) is 5.69 Å². The van der Waals surface area contributed by atoms with Crippen LogP contribution >= 0.6 is 0 Å². The number of rotatable bonds is 3. The maximum atomic E-state index is 13.4. The van der Waals surface area contributed by atoms with E-state index < -0.39 is 26.7 Å². The summed E-state index contributed by atoms with van der Waals surface area (Å²) in [5.41, 5.74) is 0.174. The fourth-order valence-corrected chi connectivity index (χ4v) is 2.61. The molecule has 2 aromatic rings. The second-order valence-corrected chi connectivity index (χ2v) is 5.41. The zero-order chi connectivity index (χ0) is 14.0. The lowest BCUT2D eigenvalue weighted by Crippen LogP contribution is -2.17. The molecule has 19 heavy (non-hydrogen) atoms. The number of anilines is 1. The highest BCUT2D eigenvalue weighted by molar-refractivity contribution is 7.92. The van der Waals surface area contributed by atoms with E-state index in [9.17, 15) is 17.2 Å². The van der Waals surface area contributed by atoms with Crippen molar-refractivity contribution in [2.75, 3.05) is 4.72 Å². The van der Waals surface area contributed by atoms with Crippen molar-refractivity contribution in [2.24, 2.45) is 0 Å². The van der Waals surface area contributed by atoms with E-state index in [1.54, 1.807) is 0 Å². The highest BCUT2D eigenvalue weighted by Crippen LogP contribution is 2.21. The first-order valence-corrected chi connectivity index (χ1v) is 6.78. The largest absolute Gasteiger partial charge is 0.282 e. The van der Waals surface area contributed by atoms with Gasteiger partial charge in [-0.2, -0.15) is 8.42 Å². The van der Waals surface area contributed by atoms with Crippen molar-refractivity contribution >= 4 is 15.7 Å². The molecule has 0 aliphatic heterocycles. The highest BCUT2D eigenvalue weighted by Gasteiger charge is 2.21. The van der Waals surface area contributed by atoms with Crippen molar-refractivity contribution in [3.05, 3.63) is 53.7 Å². The summed E-state index contributed by atoms with van der Waals surface area (Å²) in [6.45, 7) is 1.42. The van der Waals surface area contributed by atoms with Gasteiger partial charge in [0.2, 0.25) is 5.03 Å². The molecule has 0 bridgehead atoms. The molecule has 2 rings (SSSR count). The average molecular weight is 284 g/mol. The molecule has 0 fully saturated rings. The molecule has 0 unspecified atom stereocenters. The lowest BCUT2D eigenvalue weighted by Gasteiger charge is -2.10. The van der Waals surface area contributed by atoms with Gasteiger partial charge in [-0.15, -0.1) is 0 Å². The van der Waals surface area contributed by atoms with E-state index in [4.69, 9.17) is 0 Å². The van der Waals surface area contributed by atoms with Crippen molar-refractivity contribution in [3.8, 4) is 0 Å². The fourth-order valence-electron chi connectivity index (χ4n) is 1.48. The number of hydrogen-bond donors (Lipinski definition) is 1. The Morgan fingerprint density at radius 2 is 1.79 bits per heavy atom. The van der Waals surface area contributed by atoms with Crippen LogP contribution in [0.25, 0.3) is 0 Å². The summed E-state index contributed by atoms with van der Waals surface area (Å²) in [5.74, 6) is -1.52. The number of aromatic nitrogens is 1. The Morgan fingerprint density at radius 1 is 1.11 bits per heavy atom. The number of hydrogen-bond acceptors (Lipinski definition) is 3. The maximum absolute atomic E-state index is 13.4. The van der Waals surface area contributed by atoms with Crippen LogP contribution in [0.3, 0.4) is 0 Å². The van der Waals surface area contributed by atoms with Crippen LogP contribution in [0.2, 0.25) is 0 Å². The Kier molecular flexibility index (Phi) is 3.48. The minimum atomic E-state index is -4.19. The molecule has 0 saturated carbocycles. The number of pyridine rings is 1. The third-order valence-electron chi connectivity index (χ3n) is 2.49. The summed E-state index contributed by atoms with van der Waals surface area (Å²) in [6.07, 6.45) is 1.16. The van der Waals surface area contributed by atoms with Crippen molar-refractivity contribution in [3.63, 3.8) is 0 Å². The van der Waals surface area contributed by atoms with Gasteiger partial charge in [-0.05, 0) is 31.2 Å². The molecule has 0 atom stereocenters. The lowest BCUT2D eigenvalue weighted by molar-refractivity contribution is 0.556. The molecular formula is C12H10F2N2O2S. The van der Waals surface area contributed by atoms with Gasteiger partial charge in [-0.3, -0.25) is 4.72 Å². The number of benzene rings is 1. The fraction of sp³-hybridized carbons (Fsp3) is 0.0833. The van der Waals surface area contributed by atoms with Crippen molar-refractivity contribution in [2.45, 2.75) is 11.9 Å². The van der Waals surface area contributed by atoms with Crippen LogP contribution in [0.4, 0.5) is 14.5 Å². The molecule has 1 N–H and O–H groups in total. The van der Waals surface area contributed by atoms with Gasteiger partial charge in [0.15, 0.2) is 5.82 Å². The van der Waals surface area contributed by atoms with Gasteiger partial charge in [-0.1, -0.05) is 6.07 Å². The average Bonchev–Trinajstić information content (AvgIpc) is 2.35. The van der Waals surface area contributed by atoms with Gasteiger partial charge < -0.3 is 0 Å². The van der Waals surface area contributed by atoms with Crippen molar-refractivity contribution in [1.29, 1.82) is 0 Å². The second-order valence-electron chi connectivity index (χ2n) is 3.81. The summed E-state index contributed by atoms with van der Waals surface area (Å²) < 4.78 is 52.7. The van der Waals surface area contributed by atoms with Gasteiger partial charge in [0, 0.05) is 11.8 Å². The molecule has 1 aromatic carbocycles. The standard InChI is InChI=1S/C12H10F2N2O2S/c1-8-9(13)4-2-6-11(8)16-19(17,18)12-10(14)5-3-7-15-12/h2-7,16H,1H3. The minimum absolute atomic E-state index is 0.0463. The van der Waals surface area contributed by atoms with Gasteiger partial charge >= 0.3 is 0 Å². The predicted octanol–water partition coefficient (Wildman–Crippen LogP) is 2.47. The van der Waals surface area contributed by atoms with Crippen LogP contribution in [-0.4, -0.2) is 13.4 Å². The smallest absolute Gasteiger partial charge is 0.278 e. The highest BCUT2D eigenvalue weighted by atomic mass is 32.2. The summed E-state index contributed by atoms with van der Waals surface area (Å²) in [6, 6.07) is 6.21. The first-order chi connectivity index (χ1) is 8.92. The Labute approximate surface area is 109 Å². The summed E-state index contributed by atoms with van der Waals surface area (Å²) in [5, 5.41) is -0.723. The third-order valence-corrected chi connectivity index (χ3v) is 3.79. The van der Waals surface area contributed by atoms with E-state index in [-0.39, 0.29) is 11.3 Å². The Bertz CT molecular complexity index is 717. The predicted molar refractivity (Wildman–Crippen MR) is 66.1 cm³/mol. The van der Waals surface area contributed by atoms with Gasteiger partial charge in [0.25, 0.3) is 10.0 Å². The zero-order valence-electron chi connectivity index (χ0n) is 9.89. The van der Waals surface area contributed by atoms with E-state index in [0.717, 1.165) is 12.3 Å². The second kappa shape index (κ2) is 4.93. The number of nitrogens with one attached hydrogen (secondary N) is 1. The minimum Gasteiger partial charge on any atom is -0.278 e. The van der Waals surface area contributed by atoms with Crippen LogP contribution in [0, 0.1) is 18.6 Å². The quantitative estimate of drug-likeness (QED) is 0.942. The Hall–Kier alpha value is -2.02. The van der Waals surface area contributed by atoms with Crippen LogP contribution in [0.5, 0.6) is 0 Å². The molecular weight excluding hydrogens is 274 g/mol. The van der Waals surface area contributed by atoms with E-state index in [2.05, 4.69) is 9.71 Å². The Balaban J connectivity index is 2.43. The number of sulfonamides is 1. The van der Waals surface area contributed by atoms with E-state index in [1.165, 1.54) is 31.2 Å². The van der Waals surface area contributed by atoms with E-state index in [0.29, 0.717) is 0 Å². The third kappa shape index (κ3) is 2.70. The van der Waals surface area contributed by atoms with Crippen molar-refractivity contribution in [1.82, 2.24) is 4.98 Å². The normalized spacial score (nSPS) is 11.3. The SMILES string of the molecule is Cc1c(F)cccc1NS(=O)(=O)c1ncccc1F. The summed E-state index contributed by atoms with van der Waals surface area (Å²) >= 11 is 0. The zero-order valence-corrected chi connectivity index (χ0v) is 10.7. The molecule has 100 valence electrons. The first kappa shape index (κ1) is 13.4. The molecule has 1 heterocycles. The summed E-state index contributed by atoms with van der Waals surface area (Å²) in [7, 11) is -4.19. The van der Waals surface area contributed by atoms with Crippen LogP contribution in [0.1, 0.15) is 5.56 Å². The molecule has 1 aromatic heterocycles. The molecule has 0 amide bonds. The van der Waals surface area contributed by atoms with E-state index in [1.807, 2.05) is 0 Å². The molecule has 7 heteroatoms. The van der Waals surface area contributed by atoms with E-state index >= 15 is 0 Å². The molecule has 0 aliphatic carbocycles. The molecule has 0 radical (unpaired) electrons. The van der Waals surface area contributed by atoms with Crippen LogP contribution < -0.4 is 4.72 Å². The molecule has 4 nitrogen and oxygen atoms in total. The first-order valence-electron chi connectivity index (χ1n) is 5.30. The molecule has 0 spiro atoms. The van der Waals surface area contributed by atoms with Crippen molar-refractivity contribution < 1.29 is 17.2 Å². The van der Waals surface area contributed by atoms with Crippen LogP contribution in [-0.2, 0) is 10.0 Å². The van der Waals surface area contributed by atoms with Gasteiger partial charge in [-0.25, -0.2) is 13.8 Å². The monoisotopic (exact) mass is 284 g/mol. The molecule has 0 aliphatic rings.